The summed E-state index contributed by atoms with van der Waals surface area (Å²) >= 11 is 5.85. The van der Waals surface area contributed by atoms with E-state index < -0.39 is 4.92 Å². The Morgan fingerprint density at radius 3 is 2.64 bits per heavy atom. The summed E-state index contributed by atoms with van der Waals surface area (Å²) in [5.74, 6) is 0.746. The van der Waals surface area contributed by atoms with Crippen LogP contribution in [0.4, 0.5) is 11.4 Å². The number of nitrogens with zero attached hydrogens (tertiary/aromatic N) is 3. The molecule has 1 aromatic heterocycles. The third-order valence-corrected chi connectivity index (χ3v) is 4.14. The molecule has 0 fully saturated rings. The number of halogens is 1. The number of benzene rings is 2. The summed E-state index contributed by atoms with van der Waals surface area (Å²) in [6, 6.07) is 12.2. The maximum Gasteiger partial charge on any atom is 0.278 e. The summed E-state index contributed by atoms with van der Waals surface area (Å²) < 4.78 is 5.71. The number of pyridine rings is 1. The highest BCUT2D eigenvalue weighted by Crippen LogP contribution is 2.32. The van der Waals surface area contributed by atoms with E-state index in [0.29, 0.717) is 23.6 Å². The number of fused-ring (bicyclic) bond motifs is 1. The van der Waals surface area contributed by atoms with Gasteiger partial charge < -0.3 is 9.64 Å². The van der Waals surface area contributed by atoms with Gasteiger partial charge in [-0.25, -0.2) is 0 Å². The largest absolute Gasteiger partial charge is 0.492 e. The van der Waals surface area contributed by atoms with Crippen molar-refractivity contribution in [1.82, 2.24) is 4.98 Å². The Hall–Kier alpha value is -2.86. The molecule has 0 unspecified atom stereocenters. The van der Waals surface area contributed by atoms with Crippen LogP contribution in [-0.2, 0) is 0 Å². The molecule has 1 heterocycles. The summed E-state index contributed by atoms with van der Waals surface area (Å²) in [6.45, 7) is 1.10. The summed E-state index contributed by atoms with van der Waals surface area (Å²) in [5, 5.41) is 13.2. The second-order valence-corrected chi connectivity index (χ2v) is 5.94. The highest BCUT2D eigenvalue weighted by atomic mass is 35.5. The van der Waals surface area contributed by atoms with Gasteiger partial charge in [0.1, 0.15) is 12.4 Å². The Bertz CT molecular complexity index is 900. The van der Waals surface area contributed by atoms with Crippen molar-refractivity contribution in [3.8, 4) is 5.75 Å². The normalized spacial score (nSPS) is 10.6. The first kappa shape index (κ1) is 17.0. The standard InChI is InChI=1S/C18H16ClN3O3/c1-21(10-11-25-14-4-2-13(19)3-5-14)17-6-7-18(22(23)24)16-12-20-9-8-15(16)17/h2-9,12H,10-11H2,1H3. The second kappa shape index (κ2) is 7.36. The van der Waals surface area contributed by atoms with E-state index in [2.05, 4.69) is 4.98 Å². The fourth-order valence-electron chi connectivity index (χ4n) is 2.60. The predicted octanol–water partition coefficient (Wildman–Crippen LogP) is 4.31. The topological polar surface area (TPSA) is 68.5 Å². The first-order valence-corrected chi connectivity index (χ1v) is 8.04. The Morgan fingerprint density at radius 2 is 1.92 bits per heavy atom. The van der Waals surface area contributed by atoms with E-state index in [-0.39, 0.29) is 5.69 Å². The molecule has 0 radical (unpaired) electrons. The molecule has 0 aliphatic heterocycles. The van der Waals surface area contributed by atoms with Crippen molar-refractivity contribution >= 4 is 33.7 Å². The first-order valence-electron chi connectivity index (χ1n) is 7.67. The average Bonchev–Trinajstić information content (AvgIpc) is 2.62. The van der Waals surface area contributed by atoms with Crippen molar-refractivity contribution in [1.29, 1.82) is 0 Å². The summed E-state index contributed by atoms with van der Waals surface area (Å²) in [4.78, 5) is 16.8. The molecule has 0 saturated heterocycles. The van der Waals surface area contributed by atoms with Crippen LogP contribution in [0, 0.1) is 10.1 Å². The third-order valence-electron chi connectivity index (χ3n) is 3.89. The van der Waals surface area contributed by atoms with Crippen molar-refractivity contribution in [3.05, 3.63) is 70.0 Å². The van der Waals surface area contributed by atoms with Crippen LogP contribution in [0.5, 0.6) is 5.75 Å². The lowest BCUT2D eigenvalue weighted by atomic mass is 10.1. The fourth-order valence-corrected chi connectivity index (χ4v) is 2.73. The van der Waals surface area contributed by atoms with Crippen LogP contribution in [0.25, 0.3) is 10.8 Å². The second-order valence-electron chi connectivity index (χ2n) is 5.51. The number of likely N-dealkylation sites (N-methyl/N-ethyl adjacent to an activating group) is 1. The highest BCUT2D eigenvalue weighted by molar-refractivity contribution is 6.30. The zero-order valence-electron chi connectivity index (χ0n) is 13.6. The van der Waals surface area contributed by atoms with Crippen molar-refractivity contribution in [2.24, 2.45) is 0 Å². The van der Waals surface area contributed by atoms with Gasteiger partial charge in [0.15, 0.2) is 0 Å². The molecule has 0 N–H and O–H groups in total. The van der Waals surface area contributed by atoms with Gasteiger partial charge in [0.05, 0.1) is 16.9 Å². The van der Waals surface area contributed by atoms with E-state index in [9.17, 15) is 10.1 Å². The minimum absolute atomic E-state index is 0.0534. The zero-order valence-corrected chi connectivity index (χ0v) is 14.3. The van der Waals surface area contributed by atoms with Crippen molar-refractivity contribution < 1.29 is 9.66 Å². The minimum Gasteiger partial charge on any atom is -0.492 e. The molecule has 7 heteroatoms. The van der Waals surface area contributed by atoms with Crippen LogP contribution in [0.3, 0.4) is 0 Å². The van der Waals surface area contributed by atoms with Crippen LogP contribution in [0.2, 0.25) is 5.02 Å². The molecule has 0 spiro atoms. The highest BCUT2D eigenvalue weighted by Gasteiger charge is 2.16. The van der Waals surface area contributed by atoms with E-state index in [4.69, 9.17) is 16.3 Å². The molecule has 3 aromatic rings. The molecule has 0 aliphatic rings. The van der Waals surface area contributed by atoms with E-state index in [1.807, 2.05) is 24.1 Å². The van der Waals surface area contributed by atoms with Gasteiger partial charge in [-0.2, -0.15) is 0 Å². The molecule has 6 nitrogen and oxygen atoms in total. The predicted molar refractivity (Wildman–Crippen MR) is 98.6 cm³/mol. The Balaban J connectivity index is 1.76. The van der Waals surface area contributed by atoms with Gasteiger partial charge in [-0.1, -0.05) is 11.6 Å². The number of ether oxygens (including phenoxy) is 1. The van der Waals surface area contributed by atoms with Gasteiger partial charge in [-0.15, -0.1) is 0 Å². The van der Waals surface area contributed by atoms with Gasteiger partial charge >= 0.3 is 0 Å². The molecule has 2 aromatic carbocycles. The maximum atomic E-state index is 11.2. The quantitative estimate of drug-likeness (QED) is 0.485. The number of rotatable bonds is 6. The molecule has 25 heavy (non-hydrogen) atoms. The van der Waals surface area contributed by atoms with E-state index in [0.717, 1.165) is 16.8 Å². The monoisotopic (exact) mass is 357 g/mol. The molecule has 0 saturated carbocycles. The Morgan fingerprint density at radius 1 is 1.16 bits per heavy atom. The fraction of sp³-hybridized carbons (Fsp3) is 0.167. The summed E-state index contributed by atoms with van der Waals surface area (Å²) in [7, 11) is 1.92. The van der Waals surface area contributed by atoms with E-state index in [1.54, 1.807) is 30.5 Å². The summed E-state index contributed by atoms with van der Waals surface area (Å²) in [5.41, 5.74) is 0.945. The Kier molecular flexibility index (Phi) is 5.00. The lowest BCUT2D eigenvalue weighted by Crippen LogP contribution is -2.24. The van der Waals surface area contributed by atoms with Crippen LogP contribution < -0.4 is 9.64 Å². The number of anilines is 1. The molecule has 0 bridgehead atoms. The molecule has 3 rings (SSSR count). The minimum atomic E-state index is -0.391. The molecule has 0 amide bonds. The van der Waals surface area contributed by atoms with Crippen LogP contribution in [-0.4, -0.2) is 30.1 Å². The number of nitro groups is 1. The van der Waals surface area contributed by atoms with Crippen molar-refractivity contribution in [2.75, 3.05) is 25.1 Å². The van der Waals surface area contributed by atoms with Crippen LogP contribution in [0.1, 0.15) is 0 Å². The molecular weight excluding hydrogens is 342 g/mol. The van der Waals surface area contributed by atoms with E-state index >= 15 is 0 Å². The first-order chi connectivity index (χ1) is 12.1. The number of aromatic nitrogens is 1. The molecule has 0 atom stereocenters. The average molecular weight is 358 g/mol. The molecular formula is C18H16ClN3O3. The number of nitro benzene ring substituents is 1. The zero-order chi connectivity index (χ0) is 17.8. The summed E-state index contributed by atoms with van der Waals surface area (Å²) in [6.07, 6.45) is 3.16. The van der Waals surface area contributed by atoms with Gasteiger partial charge in [0, 0.05) is 41.6 Å². The van der Waals surface area contributed by atoms with Gasteiger partial charge in [0.2, 0.25) is 0 Å². The van der Waals surface area contributed by atoms with E-state index in [1.165, 1.54) is 12.3 Å². The third kappa shape index (κ3) is 3.80. The van der Waals surface area contributed by atoms with Crippen LogP contribution in [0.15, 0.2) is 54.9 Å². The number of non-ortho nitro benzene ring substituents is 1. The van der Waals surface area contributed by atoms with Crippen molar-refractivity contribution in [3.63, 3.8) is 0 Å². The maximum absolute atomic E-state index is 11.2. The number of hydrogen-bond donors (Lipinski definition) is 0. The lowest BCUT2D eigenvalue weighted by Gasteiger charge is -2.21. The van der Waals surface area contributed by atoms with Gasteiger partial charge in [-0.05, 0) is 36.4 Å². The van der Waals surface area contributed by atoms with Crippen molar-refractivity contribution in [2.45, 2.75) is 0 Å². The molecule has 128 valence electrons. The molecule has 0 aliphatic carbocycles. The number of hydrogen-bond acceptors (Lipinski definition) is 5. The smallest absolute Gasteiger partial charge is 0.278 e. The lowest BCUT2D eigenvalue weighted by molar-refractivity contribution is -0.383. The van der Waals surface area contributed by atoms with Gasteiger partial charge in [-0.3, -0.25) is 15.1 Å². The van der Waals surface area contributed by atoms with Crippen LogP contribution >= 0.6 is 11.6 Å². The Labute approximate surface area is 149 Å². The van der Waals surface area contributed by atoms with Gasteiger partial charge in [0.25, 0.3) is 5.69 Å². The SMILES string of the molecule is CN(CCOc1ccc(Cl)cc1)c1ccc([N+](=O)[O-])c2cnccc12.